The highest BCUT2D eigenvalue weighted by atomic mass is 16.2. The Morgan fingerprint density at radius 1 is 0.744 bits per heavy atom. The highest BCUT2D eigenvalue weighted by molar-refractivity contribution is 5.96. The van der Waals surface area contributed by atoms with E-state index in [1.54, 1.807) is 0 Å². The van der Waals surface area contributed by atoms with Crippen molar-refractivity contribution in [1.82, 2.24) is 19.7 Å². The van der Waals surface area contributed by atoms with E-state index in [0.29, 0.717) is 17.5 Å². The Balaban J connectivity index is 1.24. The average molecular weight is 525 g/mol. The summed E-state index contributed by atoms with van der Waals surface area (Å²) in [6.45, 7) is 9.09. The van der Waals surface area contributed by atoms with Gasteiger partial charge in [-0.25, -0.2) is 4.98 Å². The standard InChI is InChI=1S/C33H40N4O2/c1-3-25(4-2)32(38)36-17-15-29(16-18-36)35-19-21-37(22-20-35)33(39)28-23-30(26-11-7-5-8-12-26)34-31(24-28)27-13-9-6-10-14-27/h5-14,23-25,29H,3-4,15-22H2,1-2H3. The van der Waals surface area contributed by atoms with Crippen LogP contribution in [0.15, 0.2) is 72.8 Å². The molecule has 0 saturated carbocycles. The highest BCUT2D eigenvalue weighted by Crippen LogP contribution is 2.27. The molecular weight excluding hydrogens is 484 g/mol. The van der Waals surface area contributed by atoms with Gasteiger partial charge in [-0.3, -0.25) is 14.5 Å². The van der Waals surface area contributed by atoms with Crippen molar-refractivity contribution < 1.29 is 9.59 Å². The van der Waals surface area contributed by atoms with Gasteiger partial charge in [0.25, 0.3) is 5.91 Å². The van der Waals surface area contributed by atoms with E-state index < -0.39 is 0 Å². The molecule has 2 aliphatic heterocycles. The number of amides is 2. The van der Waals surface area contributed by atoms with Crippen molar-refractivity contribution in [2.45, 2.75) is 45.6 Å². The Bertz CT molecular complexity index is 1190. The van der Waals surface area contributed by atoms with Gasteiger partial charge in [0.15, 0.2) is 0 Å². The maximum atomic E-state index is 13.7. The van der Waals surface area contributed by atoms with Gasteiger partial charge >= 0.3 is 0 Å². The second-order valence-corrected chi connectivity index (χ2v) is 10.8. The molecule has 0 N–H and O–H groups in total. The summed E-state index contributed by atoms with van der Waals surface area (Å²) < 4.78 is 0. The van der Waals surface area contributed by atoms with Crippen LogP contribution in [-0.2, 0) is 4.79 Å². The van der Waals surface area contributed by atoms with E-state index in [0.717, 1.165) is 87.5 Å². The van der Waals surface area contributed by atoms with Crippen LogP contribution in [-0.4, -0.2) is 76.8 Å². The molecule has 2 aromatic carbocycles. The van der Waals surface area contributed by atoms with Crippen molar-refractivity contribution in [3.8, 4) is 22.5 Å². The highest BCUT2D eigenvalue weighted by Gasteiger charge is 2.32. The Morgan fingerprint density at radius 2 is 1.26 bits per heavy atom. The minimum absolute atomic E-state index is 0.0667. The normalized spacial score (nSPS) is 17.0. The first-order chi connectivity index (χ1) is 19.1. The van der Waals surface area contributed by atoms with Gasteiger partial charge in [0.1, 0.15) is 0 Å². The van der Waals surface area contributed by atoms with Crippen LogP contribution in [0.5, 0.6) is 0 Å². The average Bonchev–Trinajstić information content (AvgIpc) is 3.02. The zero-order valence-electron chi connectivity index (χ0n) is 23.3. The molecule has 2 fully saturated rings. The number of piperazine rings is 1. The van der Waals surface area contributed by atoms with Crippen LogP contribution in [0.1, 0.15) is 49.9 Å². The van der Waals surface area contributed by atoms with Gasteiger partial charge in [-0.1, -0.05) is 74.5 Å². The summed E-state index contributed by atoms with van der Waals surface area (Å²) in [6.07, 6.45) is 3.88. The first-order valence-electron chi connectivity index (χ1n) is 14.5. The topological polar surface area (TPSA) is 56.8 Å². The molecule has 0 unspecified atom stereocenters. The third-order valence-corrected chi connectivity index (χ3v) is 8.44. The molecule has 5 rings (SSSR count). The molecule has 0 spiro atoms. The van der Waals surface area contributed by atoms with Gasteiger partial charge in [-0.05, 0) is 37.8 Å². The monoisotopic (exact) mass is 524 g/mol. The fraction of sp³-hybridized carbons (Fsp3) is 0.424. The molecule has 6 heteroatoms. The van der Waals surface area contributed by atoms with Crippen molar-refractivity contribution in [2.24, 2.45) is 5.92 Å². The number of piperidine rings is 1. The smallest absolute Gasteiger partial charge is 0.254 e. The molecule has 2 aliphatic rings. The fourth-order valence-corrected chi connectivity index (χ4v) is 5.99. The first-order valence-corrected chi connectivity index (χ1v) is 14.5. The Morgan fingerprint density at radius 3 is 1.74 bits per heavy atom. The number of hydrogen-bond donors (Lipinski definition) is 0. The number of aromatic nitrogens is 1. The van der Waals surface area contributed by atoms with Crippen molar-refractivity contribution in [3.05, 3.63) is 78.4 Å². The maximum Gasteiger partial charge on any atom is 0.254 e. The molecule has 0 atom stereocenters. The molecule has 0 bridgehead atoms. The van der Waals surface area contributed by atoms with Crippen LogP contribution in [0, 0.1) is 5.92 Å². The Labute approximate surface area is 232 Å². The second kappa shape index (κ2) is 12.6. The molecule has 204 valence electrons. The summed E-state index contributed by atoms with van der Waals surface area (Å²) in [5.74, 6) is 0.557. The van der Waals surface area contributed by atoms with Gasteiger partial charge in [-0.2, -0.15) is 0 Å². The summed E-state index contributed by atoms with van der Waals surface area (Å²) in [4.78, 5) is 38.0. The van der Waals surface area contributed by atoms with Crippen LogP contribution in [0.3, 0.4) is 0 Å². The molecule has 6 nitrogen and oxygen atoms in total. The number of rotatable bonds is 7. The second-order valence-electron chi connectivity index (χ2n) is 10.8. The minimum Gasteiger partial charge on any atom is -0.342 e. The summed E-state index contributed by atoms with van der Waals surface area (Å²) in [5.41, 5.74) is 4.32. The van der Waals surface area contributed by atoms with Crippen molar-refractivity contribution in [1.29, 1.82) is 0 Å². The number of nitrogens with zero attached hydrogens (tertiary/aromatic N) is 4. The summed E-state index contributed by atoms with van der Waals surface area (Å²) >= 11 is 0. The van der Waals surface area contributed by atoms with Gasteiger partial charge < -0.3 is 9.80 Å². The quantitative estimate of drug-likeness (QED) is 0.404. The Kier molecular flexibility index (Phi) is 8.72. The SMILES string of the molecule is CCC(CC)C(=O)N1CCC(N2CCN(C(=O)c3cc(-c4ccccc4)nc(-c4ccccc4)c3)CC2)CC1. The maximum absolute atomic E-state index is 13.7. The van der Waals surface area contributed by atoms with Crippen LogP contribution in [0.4, 0.5) is 0 Å². The zero-order chi connectivity index (χ0) is 27.2. The summed E-state index contributed by atoms with van der Waals surface area (Å²) in [7, 11) is 0. The molecule has 2 amide bonds. The van der Waals surface area contributed by atoms with E-state index in [-0.39, 0.29) is 11.8 Å². The number of benzene rings is 2. The van der Waals surface area contributed by atoms with E-state index in [9.17, 15) is 9.59 Å². The molecule has 0 aliphatic carbocycles. The third-order valence-electron chi connectivity index (χ3n) is 8.44. The Hall–Kier alpha value is -3.51. The van der Waals surface area contributed by atoms with E-state index >= 15 is 0 Å². The van der Waals surface area contributed by atoms with Gasteiger partial charge in [0.05, 0.1) is 11.4 Å². The molecule has 1 aromatic heterocycles. The predicted octanol–water partition coefficient (Wildman–Crippen LogP) is 5.60. The lowest BCUT2D eigenvalue weighted by atomic mass is 9.97. The lowest BCUT2D eigenvalue weighted by Crippen LogP contribution is -2.55. The van der Waals surface area contributed by atoms with Crippen LogP contribution >= 0.6 is 0 Å². The molecular formula is C33H40N4O2. The van der Waals surface area contributed by atoms with Gasteiger partial charge in [-0.15, -0.1) is 0 Å². The van der Waals surface area contributed by atoms with Crippen LogP contribution in [0.2, 0.25) is 0 Å². The summed E-state index contributed by atoms with van der Waals surface area (Å²) in [5, 5.41) is 0. The minimum atomic E-state index is 0.0667. The largest absolute Gasteiger partial charge is 0.342 e. The van der Waals surface area contributed by atoms with E-state index in [1.165, 1.54) is 0 Å². The number of hydrogen-bond acceptors (Lipinski definition) is 4. The molecule has 2 saturated heterocycles. The first kappa shape index (κ1) is 27.1. The van der Waals surface area contributed by atoms with Crippen molar-refractivity contribution in [3.63, 3.8) is 0 Å². The third kappa shape index (κ3) is 6.22. The summed E-state index contributed by atoms with van der Waals surface area (Å²) in [6, 6.07) is 24.5. The number of carbonyl (C=O) groups excluding carboxylic acids is 2. The lowest BCUT2D eigenvalue weighted by Gasteiger charge is -2.43. The number of carbonyl (C=O) groups is 2. The van der Waals surface area contributed by atoms with Gasteiger partial charge in [0.2, 0.25) is 5.91 Å². The van der Waals surface area contributed by atoms with Crippen molar-refractivity contribution >= 4 is 11.8 Å². The fourth-order valence-electron chi connectivity index (χ4n) is 5.99. The molecule has 3 aromatic rings. The van der Waals surface area contributed by atoms with Crippen molar-refractivity contribution in [2.75, 3.05) is 39.3 Å². The molecule has 39 heavy (non-hydrogen) atoms. The molecule has 0 radical (unpaired) electrons. The predicted molar refractivity (Wildman–Crippen MR) is 156 cm³/mol. The van der Waals surface area contributed by atoms with E-state index in [4.69, 9.17) is 4.98 Å². The van der Waals surface area contributed by atoms with Gasteiger partial charge in [0, 0.05) is 67.9 Å². The number of pyridine rings is 1. The van der Waals surface area contributed by atoms with E-state index in [1.807, 2.05) is 77.7 Å². The molecule has 3 heterocycles. The van der Waals surface area contributed by atoms with E-state index in [2.05, 4.69) is 23.6 Å². The van der Waals surface area contributed by atoms with Crippen LogP contribution in [0.25, 0.3) is 22.5 Å². The number of likely N-dealkylation sites (tertiary alicyclic amines) is 1. The zero-order valence-corrected chi connectivity index (χ0v) is 23.3. The lowest BCUT2D eigenvalue weighted by molar-refractivity contribution is -0.137. The van der Waals surface area contributed by atoms with Crippen LogP contribution < -0.4 is 0 Å².